The van der Waals surface area contributed by atoms with Crippen LogP contribution in [-0.2, 0) is 13.0 Å². The summed E-state index contributed by atoms with van der Waals surface area (Å²) in [4.78, 5) is 4.37. The third-order valence-electron chi connectivity index (χ3n) is 3.42. The summed E-state index contributed by atoms with van der Waals surface area (Å²) in [6.45, 7) is 6.36. The van der Waals surface area contributed by atoms with Gasteiger partial charge in [0, 0.05) is 19.0 Å². The molecule has 1 aromatic heterocycles. The SMILES string of the molecule is CCCNC(Cc1ncnn1CC)CC1CC1. The van der Waals surface area contributed by atoms with Gasteiger partial charge in [-0.15, -0.1) is 0 Å². The molecule has 1 unspecified atom stereocenters. The maximum absolute atomic E-state index is 4.37. The first-order valence-electron chi connectivity index (χ1n) is 6.93. The number of nitrogens with zero attached hydrogens (tertiary/aromatic N) is 3. The van der Waals surface area contributed by atoms with Crippen LogP contribution in [0.1, 0.15) is 45.4 Å². The van der Waals surface area contributed by atoms with Gasteiger partial charge in [0.05, 0.1) is 0 Å². The molecule has 1 saturated carbocycles. The van der Waals surface area contributed by atoms with Gasteiger partial charge in [0.1, 0.15) is 12.2 Å². The number of hydrogen-bond donors (Lipinski definition) is 1. The Morgan fingerprint density at radius 3 is 2.94 bits per heavy atom. The van der Waals surface area contributed by atoms with E-state index in [1.807, 2.05) is 4.68 Å². The highest BCUT2D eigenvalue weighted by Crippen LogP contribution is 2.34. The first-order chi connectivity index (χ1) is 8.33. The molecule has 1 N–H and O–H groups in total. The molecule has 0 saturated heterocycles. The molecule has 0 spiro atoms. The Kier molecular flexibility index (Phi) is 4.54. The Hall–Kier alpha value is -0.900. The van der Waals surface area contributed by atoms with Gasteiger partial charge in [-0.1, -0.05) is 19.8 Å². The fourth-order valence-electron chi connectivity index (χ4n) is 2.27. The van der Waals surface area contributed by atoms with E-state index in [2.05, 4.69) is 29.2 Å². The molecule has 1 aliphatic rings. The molecule has 1 aromatic rings. The zero-order valence-corrected chi connectivity index (χ0v) is 11.0. The minimum atomic E-state index is 0.581. The number of aryl methyl sites for hydroxylation is 1. The highest BCUT2D eigenvalue weighted by atomic mass is 15.3. The normalized spacial score (nSPS) is 17.3. The van der Waals surface area contributed by atoms with Crippen LogP contribution >= 0.6 is 0 Å². The second-order valence-corrected chi connectivity index (χ2v) is 5.03. The molecular weight excluding hydrogens is 212 g/mol. The molecule has 1 atom stereocenters. The standard InChI is InChI=1S/C13H24N4/c1-3-7-14-12(8-11-5-6-11)9-13-15-10-16-17(13)4-2/h10-12,14H,3-9H2,1-2H3. The van der Waals surface area contributed by atoms with E-state index >= 15 is 0 Å². The number of hydrogen-bond acceptors (Lipinski definition) is 3. The summed E-state index contributed by atoms with van der Waals surface area (Å²) < 4.78 is 2.01. The Bertz CT molecular complexity index is 330. The average Bonchev–Trinajstić information content (AvgIpc) is 3.03. The highest BCUT2D eigenvalue weighted by molar-refractivity contribution is 4.92. The van der Waals surface area contributed by atoms with Crippen molar-refractivity contribution in [3.8, 4) is 0 Å². The van der Waals surface area contributed by atoms with E-state index in [-0.39, 0.29) is 0 Å². The van der Waals surface area contributed by atoms with Gasteiger partial charge in [0.25, 0.3) is 0 Å². The Morgan fingerprint density at radius 2 is 2.29 bits per heavy atom. The van der Waals surface area contributed by atoms with Gasteiger partial charge in [-0.3, -0.25) is 4.68 Å². The quantitative estimate of drug-likeness (QED) is 0.751. The van der Waals surface area contributed by atoms with Crippen LogP contribution in [0.4, 0.5) is 0 Å². The van der Waals surface area contributed by atoms with E-state index in [1.165, 1.54) is 25.7 Å². The molecule has 1 fully saturated rings. The molecule has 0 bridgehead atoms. The average molecular weight is 236 g/mol. The molecule has 17 heavy (non-hydrogen) atoms. The Labute approximate surface area is 104 Å². The van der Waals surface area contributed by atoms with Crippen molar-refractivity contribution in [1.82, 2.24) is 20.1 Å². The molecule has 1 aliphatic carbocycles. The minimum Gasteiger partial charge on any atom is -0.314 e. The Morgan fingerprint density at radius 1 is 1.47 bits per heavy atom. The summed E-state index contributed by atoms with van der Waals surface area (Å²) in [5, 5.41) is 7.89. The summed E-state index contributed by atoms with van der Waals surface area (Å²) >= 11 is 0. The zero-order chi connectivity index (χ0) is 12.1. The Balaban J connectivity index is 1.90. The van der Waals surface area contributed by atoms with Gasteiger partial charge >= 0.3 is 0 Å². The van der Waals surface area contributed by atoms with Gasteiger partial charge in [0.15, 0.2) is 0 Å². The second-order valence-electron chi connectivity index (χ2n) is 5.03. The molecule has 0 aliphatic heterocycles. The second kappa shape index (κ2) is 6.15. The van der Waals surface area contributed by atoms with Gasteiger partial charge in [-0.05, 0) is 32.2 Å². The first-order valence-corrected chi connectivity index (χ1v) is 6.93. The largest absolute Gasteiger partial charge is 0.314 e. The number of rotatable bonds is 8. The molecule has 0 aromatic carbocycles. The van der Waals surface area contributed by atoms with E-state index in [4.69, 9.17) is 0 Å². The van der Waals surface area contributed by atoms with Crippen molar-refractivity contribution in [2.24, 2.45) is 5.92 Å². The molecular formula is C13H24N4. The summed E-state index contributed by atoms with van der Waals surface area (Å²) in [6.07, 6.45) is 8.03. The maximum atomic E-state index is 4.37. The molecule has 2 rings (SSSR count). The van der Waals surface area contributed by atoms with Gasteiger partial charge in [-0.2, -0.15) is 5.10 Å². The van der Waals surface area contributed by atoms with Crippen LogP contribution in [0.5, 0.6) is 0 Å². The van der Waals surface area contributed by atoms with Gasteiger partial charge in [0.2, 0.25) is 0 Å². The van der Waals surface area contributed by atoms with Gasteiger partial charge in [-0.25, -0.2) is 4.98 Å². The third kappa shape index (κ3) is 3.80. The van der Waals surface area contributed by atoms with Crippen molar-refractivity contribution >= 4 is 0 Å². The predicted octanol–water partition coefficient (Wildman–Crippen LogP) is 2.01. The zero-order valence-electron chi connectivity index (χ0n) is 11.0. The van der Waals surface area contributed by atoms with Crippen molar-refractivity contribution in [1.29, 1.82) is 0 Å². The lowest BCUT2D eigenvalue weighted by Crippen LogP contribution is -2.33. The van der Waals surface area contributed by atoms with Crippen molar-refractivity contribution in [3.05, 3.63) is 12.2 Å². The smallest absolute Gasteiger partial charge is 0.138 e. The lowest BCUT2D eigenvalue weighted by molar-refractivity contribution is 0.437. The fourth-order valence-corrected chi connectivity index (χ4v) is 2.27. The van der Waals surface area contributed by atoms with Crippen LogP contribution in [0.15, 0.2) is 6.33 Å². The fraction of sp³-hybridized carbons (Fsp3) is 0.846. The van der Waals surface area contributed by atoms with Gasteiger partial charge < -0.3 is 5.32 Å². The highest BCUT2D eigenvalue weighted by Gasteiger charge is 2.26. The van der Waals surface area contributed by atoms with Crippen LogP contribution in [-0.4, -0.2) is 27.4 Å². The van der Waals surface area contributed by atoms with Crippen LogP contribution in [0, 0.1) is 5.92 Å². The van der Waals surface area contributed by atoms with Crippen LogP contribution in [0.25, 0.3) is 0 Å². The van der Waals surface area contributed by atoms with E-state index < -0.39 is 0 Å². The monoisotopic (exact) mass is 236 g/mol. The van der Waals surface area contributed by atoms with Crippen molar-refractivity contribution < 1.29 is 0 Å². The molecule has 1 heterocycles. The number of aromatic nitrogens is 3. The van der Waals surface area contributed by atoms with Crippen molar-refractivity contribution in [2.45, 2.75) is 58.5 Å². The topological polar surface area (TPSA) is 42.7 Å². The summed E-state index contributed by atoms with van der Waals surface area (Å²) in [5.74, 6) is 2.09. The van der Waals surface area contributed by atoms with E-state index in [1.54, 1.807) is 6.33 Å². The molecule has 96 valence electrons. The number of nitrogens with one attached hydrogen (secondary N) is 1. The third-order valence-corrected chi connectivity index (χ3v) is 3.42. The predicted molar refractivity (Wildman–Crippen MR) is 68.8 cm³/mol. The first kappa shape index (κ1) is 12.6. The summed E-state index contributed by atoms with van der Waals surface area (Å²) in [7, 11) is 0. The van der Waals surface area contributed by atoms with Crippen LogP contribution in [0.3, 0.4) is 0 Å². The molecule has 4 heteroatoms. The van der Waals surface area contributed by atoms with Crippen molar-refractivity contribution in [3.63, 3.8) is 0 Å². The summed E-state index contributed by atoms with van der Waals surface area (Å²) in [6, 6.07) is 0.581. The molecule has 4 nitrogen and oxygen atoms in total. The lowest BCUT2D eigenvalue weighted by atomic mass is 10.1. The lowest BCUT2D eigenvalue weighted by Gasteiger charge is -2.18. The molecule has 0 amide bonds. The van der Waals surface area contributed by atoms with E-state index in [9.17, 15) is 0 Å². The van der Waals surface area contributed by atoms with Crippen molar-refractivity contribution in [2.75, 3.05) is 6.54 Å². The molecule has 0 radical (unpaired) electrons. The minimum absolute atomic E-state index is 0.581. The van der Waals surface area contributed by atoms with Crippen LogP contribution in [0.2, 0.25) is 0 Å². The maximum Gasteiger partial charge on any atom is 0.138 e. The van der Waals surface area contributed by atoms with E-state index in [0.29, 0.717) is 6.04 Å². The van der Waals surface area contributed by atoms with E-state index in [0.717, 1.165) is 31.3 Å². The summed E-state index contributed by atoms with van der Waals surface area (Å²) in [5.41, 5.74) is 0. The van der Waals surface area contributed by atoms with Crippen LogP contribution < -0.4 is 5.32 Å².